The van der Waals surface area contributed by atoms with Gasteiger partial charge in [0, 0.05) is 7.05 Å². The standard InChI is InChI=1S/C17H18N2O/c1-12-8-9-14-15(10-12)19(3)17(18-14)11-20-16-7-5-4-6-13(16)2/h4-10H,11H2,1-3H3. The third-order valence-corrected chi connectivity index (χ3v) is 3.58. The fourth-order valence-corrected chi connectivity index (χ4v) is 2.34. The van der Waals surface area contributed by atoms with Crippen molar-refractivity contribution in [1.29, 1.82) is 0 Å². The van der Waals surface area contributed by atoms with Gasteiger partial charge in [-0.15, -0.1) is 0 Å². The molecule has 2 aromatic carbocycles. The molecule has 0 saturated heterocycles. The third-order valence-electron chi connectivity index (χ3n) is 3.58. The molecule has 102 valence electrons. The Morgan fingerprint density at radius 2 is 1.90 bits per heavy atom. The molecule has 1 aromatic heterocycles. The lowest BCUT2D eigenvalue weighted by atomic mass is 10.2. The van der Waals surface area contributed by atoms with Crippen molar-refractivity contribution in [3.63, 3.8) is 0 Å². The maximum atomic E-state index is 5.88. The summed E-state index contributed by atoms with van der Waals surface area (Å²) in [4.78, 5) is 4.64. The van der Waals surface area contributed by atoms with Crippen LogP contribution < -0.4 is 4.74 Å². The van der Waals surface area contributed by atoms with E-state index in [9.17, 15) is 0 Å². The highest BCUT2D eigenvalue weighted by Crippen LogP contribution is 2.20. The topological polar surface area (TPSA) is 27.1 Å². The van der Waals surface area contributed by atoms with Crippen LogP contribution in [-0.2, 0) is 13.7 Å². The Bertz CT molecular complexity index is 759. The Balaban J connectivity index is 1.88. The second kappa shape index (κ2) is 5.00. The number of benzene rings is 2. The van der Waals surface area contributed by atoms with E-state index in [1.807, 2.05) is 38.2 Å². The summed E-state index contributed by atoms with van der Waals surface area (Å²) < 4.78 is 7.98. The van der Waals surface area contributed by atoms with Crippen LogP contribution in [0.5, 0.6) is 5.75 Å². The Morgan fingerprint density at radius 1 is 1.10 bits per heavy atom. The summed E-state index contributed by atoms with van der Waals surface area (Å²) in [6.07, 6.45) is 0. The lowest BCUT2D eigenvalue weighted by molar-refractivity contribution is 0.290. The molecule has 0 amide bonds. The van der Waals surface area contributed by atoms with Crippen LogP contribution in [0.3, 0.4) is 0 Å². The lowest BCUT2D eigenvalue weighted by Gasteiger charge is -2.08. The number of para-hydroxylation sites is 1. The Hall–Kier alpha value is -2.29. The van der Waals surface area contributed by atoms with E-state index >= 15 is 0 Å². The molecular formula is C17H18N2O. The molecule has 0 spiro atoms. The minimum absolute atomic E-state index is 0.481. The Labute approximate surface area is 118 Å². The van der Waals surface area contributed by atoms with Gasteiger partial charge in [-0.1, -0.05) is 24.3 Å². The van der Waals surface area contributed by atoms with Crippen molar-refractivity contribution in [2.24, 2.45) is 7.05 Å². The number of fused-ring (bicyclic) bond motifs is 1. The number of nitrogens with zero attached hydrogens (tertiary/aromatic N) is 2. The molecule has 3 aromatic rings. The summed E-state index contributed by atoms with van der Waals surface area (Å²) in [5, 5.41) is 0. The van der Waals surface area contributed by atoms with Crippen molar-refractivity contribution in [2.75, 3.05) is 0 Å². The smallest absolute Gasteiger partial charge is 0.147 e. The molecule has 3 nitrogen and oxygen atoms in total. The zero-order valence-corrected chi connectivity index (χ0v) is 12.1. The van der Waals surface area contributed by atoms with Gasteiger partial charge >= 0.3 is 0 Å². The van der Waals surface area contributed by atoms with Crippen LogP contribution >= 0.6 is 0 Å². The summed E-state index contributed by atoms with van der Waals surface area (Å²) in [7, 11) is 2.03. The van der Waals surface area contributed by atoms with Crippen molar-refractivity contribution in [3.8, 4) is 5.75 Å². The van der Waals surface area contributed by atoms with Gasteiger partial charge in [-0.2, -0.15) is 0 Å². The van der Waals surface area contributed by atoms with Crippen molar-refractivity contribution >= 4 is 11.0 Å². The van der Waals surface area contributed by atoms with Gasteiger partial charge in [0.2, 0.25) is 0 Å². The second-order valence-electron chi connectivity index (χ2n) is 5.13. The van der Waals surface area contributed by atoms with E-state index in [0.29, 0.717) is 6.61 Å². The second-order valence-corrected chi connectivity index (χ2v) is 5.13. The number of hydrogen-bond donors (Lipinski definition) is 0. The first-order valence-corrected chi connectivity index (χ1v) is 6.75. The minimum atomic E-state index is 0.481. The van der Waals surface area contributed by atoms with E-state index in [-0.39, 0.29) is 0 Å². The summed E-state index contributed by atoms with van der Waals surface area (Å²) >= 11 is 0. The summed E-state index contributed by atoms with van der Waals surface area (Å²) in [5.74, 6) is 1.85. The van der Waals surface area contributed by atoms with Gasteiger partial charge < -0.3 is 9.30 Å². The van der Waals surface area contributed by atoms with Crippen LogP contribution in [0.25, 0.3) is 11.0 Å². The van der Waals surface area contributed by atoms with Crippen LogP contribution in [0.4, 0.5) is 0 Å². The van der Waals surface area contributed by atoms with E-state index in [1.165, 1.54) is 5.56 Å². The molecule has 0 N–H and O–H groups in total. The van der Waals surface area contributed by atoms with E-state index in [4.69, 9.17) is 4.74 Å². The quantitative estimate of drug-likeness (QED) is 0.721. The van der Waals surface area contributed by atoms with Crippen molar-refractivity contribution in [1.82, 2.24) is 9.55 Å². The van der Waals surface area contributed by atoms with Gasteiger partial charge in [0.25, 0.3) is 0 Å². The predicted molar refractivity (Wildman–Crippen MR) is 81.0 cm³/mol. The maximum Gasteiger partial charge on any atom is 0.147 e. The highest BCUT2D eigenvalue weighted by Gasteiger charge is 2.09. The third kappa shape index (κ3) is 2.27. The molecule has 20 heavy (non-hydrogen) atoms. The van der Waals surface area contributed by atoms with Gasteiger partial charge in [0.15, 0.2) is 0 Å². The largest absolute Gasteiger partial charge is 0.485 e. The number of hydrogen-bond acceptors (Lipinski definition) is 2. The van der Waals surface area contributed by atoms with Crippen LogP contribution in [0.2, 0.25) is 0 Å². The van der Waals surface area contributed by atoms with E-state index < -0.39 is 0 Å². The fourth-order valence-electron chi connectivity index (χ4n) is 2.34. The highest BCUT2D eigenvalue weighted by atomic mass is 16.5. The first-order valence-electron chi connectivity index (χ1n) is 6.75. The molecule has 0 aliphatic heterocycles. The maximum absolute atomic E-state index is 5.88. The number of imidazole rings is 1. The SMILES string of the molecule is Cc1ccc2nc(COc3ccccc3C)n(C)c2c1. The number of aryl methyl sites for hydroxylation is 3. The molecule has 3 heteroatoms. The molecule has 0 fully saturated rings. The summed E-state index contributed by atoms with van der Waals surface area (Å²) in [5.41, 5.74) is 4.55. The van der Waals surface area contributed by atoms with Gasteiger partial charge in [-0.25, -0.2) is 4.98 Å². The zero-order valence-electron chi connectivity index (χ0n) is 12.1. The zero-order chi connectivity index (χ0) is 14.1. The van der Waals surface area contributed by atoms with Crippen molar-refractivity contribution < 1.29 is 4.74 Å². The lowest BCUT2D eigenvalue weighted by Crippen LogP contribution is -2.04. The van der Waals surface area contributed by atoms with Crippen molar-refractivity contribution in [3.05, 3.63) is 59.4 Å². The van der Waals surface area contributed by atoms with E-state index in [0.717, 1.165) is 28.2 Å². The first-order chi connectivity index (χ1) is 9.65. The number of rotatable bonds is 3. The highest BCUT2D eigenvalue weighted by molar-refractivity contribution is 5.76. The molecule has 0 aliphatic carbocycles. The van der Waals surface area contributed by atoms with Gasteiger partial charge in [0.1, 0.15) is 18.2 Å². The number of aromatic nitrogens is 2. The Morgan fingerprint density at radius 3 is 2.70 bits per heavy atom. The average molecular weight is 266 g/mol. The fraction of sp³-hybridized carbons (Fsp3) is 0.235. The van der Waals surface area contributed by atoms with Crippen LogP contribution in [0.1, 0.15) is 17.0 Å². The molecule has 0 unspecified atom stereocenters. The molecule has 0 bridgehead atoms. The average Bonchev–Trinajstić information content (AvgIpc) is 2.75. The molecule has 0 saturated carbocycles. The van der Waals surface area contributed by atoms with Crippen LogP contribution in [-0.4, -0.2) is 9.55 Å². The minimum Gasteiger partial charge on any atom is -0.485 e. The van der Waals surface area contributed by atoms with Crippen molar-refractivity contribution in [2.45, 2.75) is 20.5 Å². The normalized spacial score (nSPS) is 10.9. The van der Waals surface area contributed by atoms with E-state index in [2.05, 4.69) is 34.7 Å². The number of ether oxygens (including phenoxy) is 1. The molecule has 0 aliphatic rings. The summed E-state index contributed by atoms with van der Waals surface area (Å²) in [6, 6.07) is 14.3. The van der Waals surface area contributed by atoms with Gasteiger partial charge in [-0.3, -0.25) is 0 Å². The molecular weight excluding hydrogens is 248 g/mol. The predicted octanol–water partition coefficient (Wildman–Crippen LogP) is 3.77. The molecule has 0 radical (unpaired) electrons. The monoisotopic (exact) mass is 266 g/mol. The molecule has 1 heterocycles. The Kier molecular flexibility index (Phi) is 3.18. The summed E-state index contributed by atoms with van der Waals surface area (Å²) in [6.45, 7) is 4.62. The first kappa shape index (κ1) is 12.7. The van der Waals surface area contributed by atoms with Gasteiger partial charge in [-0.05, 0) is 43.2 Å². The molecule has 0 atom stereocenters. The van der Waals surface area contributed by atoms with E-state index in [1.54, 1.807) is 0 Å². The van der Waals surface area contributed by atoms with Crippen LogP contribution in [0, 0.1) is 13.8 Å². The van der Waals surface area contributed by atoms with Crippen LogP contribution in [0.15, 0.2) is 42.5 Å². The molecule has 3 rings (SSSR count). The van der Waals surface area contributed by atoms with Gasteiger partial charge in [0.05, 0.1) is 11.0 Å².